The summed E-state index contributed by atoms with van der Waals surface area (Å²) in [6, 6.07) is 13.6. The van der Waals surface area contributed by atoms with Gasteiger partial charge in [-0.2, -0.15) is 0 Å². The first-order valence-corrected chi connectivity index (χ1v) is 7.65. The van der Waals surface area contributed by atoms with Crippen LogP contribution in [-0.4, -0.2) is 11.9 Å². The summed E-state index contributed by atoms with van der Waals surface area (Å²) in [4.78, 5) is 25.0. The van der Waals surface area contributed by atoms with Crippen molar-refractivity contribution in [1.29, 1.82) is 0 Å². The quantitative estimate of drug-likeness (QED) is 0.804. The van der Waals surface area contributed by atoms with Crippen LogP contribution in [-0.2, 0) is 4.79 Å². The van der Waals surface area contributed by atoms with Gasteiger partial charge in [0.2, 0.25) is 5.91 Å². The molecule has 0 spiro atoms. The molecule has 118 valence electrons. The number of hydrogen-bond acceptors (Lipinski definition) is 3. The second kappa shape index (κ2) is 7.60. The highest BCUT2D eigenvalue weighted by molar-refractivity contribution is 9.10. The van der Waals surface area contributed by atoms with Crippen LogP contribution in [0.15, 0.2) is 59.2 Å². The number of urea groups is 1. The summed E-state index contributed by atoms with van der Waals surface area (Å²) in [6.07, 6.45) is 3.23. The third-order valence-electron chi connectivity index (χ3n) is 2.98. The van der Waals surface area contributed by atoms with Crippen molar-refractivity contribution in [3.63, 3.8) is 0 Å². The Morgan fingerprint density at radius 3 is 2.57 bits per heavy atom. The highest BCUT2D eigenvalue weighted by Gasteiger charge is 2.19. The summed E-state index contributed by atoms with van der Waals surface area (Å²) in [6.45, 7) is 1.32. The first-order valence-electron chi connectivity index (χ1n) is 6.86. The number of nitrogens with one attached hydrogen (secondary N) is 1. The van der Waals surface area contributed by atoms with Crippen molar-refractivity contribution < 1.29 is 9.59 Å². The number of carbonyl (C=O) groups excluding carboxylic acids is 2. The fourth-order valence-corrected chi connectivity index (χ4v) is 2.41. The molecule has 2 aromatic rings. The van der Waals surface area contributed by atoms with E-state index in [-0.39, 0.29) is 0 Å². The van der Waals surface area contributed by atoms with Gasteiger partial charge in [0.25, 0.3) is 0 Å². The molecular formula is C17H16BrN3O2. The van der Waals surface area contributed by atoms with E-state index in [4.69, 9.17) is 5.73 Å². The molecule has 0 aliphatic carbocycles. The van der Waals surface area contributed by atoms with Gasteiger partial charge >= 0.3 is 6.03 Å². The fourth-order valence-electron chi connectivity index (χ4n) is 1.99. The maximum absolute atomic E-state index is 12.2. The lowest BCUT2D eigenvalue weighted by Gasteiger charge is -2.19. The van der Waals surface area contributed by atoms with Crippen LogP contribution in [0.25, 0.3) is 6.08 Å². The van der Waals surface area contributed by atoms with Crippen molar-refractivity contribution in [3.8, 4) is 0 Å². The average molecular weight is 374 g/mol. The second-order valence-corrected chi connectivity index (χ2v) is 5.70. The van der Waals surface area contributed by atoms with Crippen molar-refractivity contribution >= 4 is 45.3 Å². The Bertz CT molecular complexity index is 759. The summed E-state index contributed by atoms with van der Waals surface area (Å²) in [5.41, 5.74) is 7.51. The molecule has 3 amide bonds. The van der Waals surface area contributed by atoms with Crippen molar-refractivity contribution in [2.45, 2.75) is 6.92 Å². The maximum atomic E-state index is 12.2. The summed E-state index contributed by atoms with van der Waals surface area (Å²) < 4.78 is 0.941. The summed E-state index contributed by atoms with van der Waals surface area (Å²) in [5, 5.41) is 2.58. The van der Waals surface area contributed by atoms with E-state index in [1.165, 1.54) is 13.1 Å². The molecular weight excluding hydrogens is 358 g/mol. The molecule has 0 aliphatic rings. The Balaban J connectivity index is 2.12. The predicted molar refractivity (Wildman–Crippen MR) is 95.7 cm³/mol. The number of hydrogen-bond donors (Lipinski definition) is 2. The molecule has 5 nitrogen and oxygen atoms in total. The maximum Gasteiger partial charge on any atom is 0.332 e. The number of nitrogens with two attached hydrogens (primary N) is 1. The second-order valence-electron chi connectivity index (χ2n) is 4.79. The number of anilines is 2. The van der Waals surface area contributed by atoms with Crippen LogP contribution in [0.3, 0.4) is 0 Å². The van der Waals surface area contributed by atoms with E-state index in [1.54, 1.807) is 30.3 Å². The Kier molecular flexibility index (Phi) is 5.54. The van der Waals surface area contributed by atoms with Crippen LogP contribution in [0.1, 0.15) is 12.5 Å². The minimum Gasteiger partial charge on any atom is -0.399 e. The van der Waals surface area contributed by atoms with E-state index in [2.05, 4.69) is 21.2 Å². The minimum absolute atomic E-state index is 0.399. The third-order valence-corrected chi connectivity index (χ3v) is 3.47. The third kappa shape index (κ3) is 4.69. The number of imide groups is 1. The van der Waals surface area contributed by atoms with Gasteiger partial charge in [-0.1, -0.05) is 34.1 Å². The first kappa shape index (κ1) is 16.8. The summed E-state index contributed by atoms with van der Waals surface area (Å²) in [5.74, 6) is -0.399. The van der Waals surface area contributed by atoms with Gasteiger partial charge in [0.05, 0.1) is 5.69 Å². The number of amides is 3. The molecule has 2 rings (SSSR count). The summed E-state index contributed by atoms with van der Waals surface area (Å²) in [7, 11) is 0. The van der Waals surface area contributed by atoms with E-state index in [0.717, 1.165) is 14.9 Å². The lowest BCUT2D eigenvalue weighted by Crippen LogP contribution is -2.41. The number of benzene rings is 2. The lowest BCUT2D eigenvalue weighted by molar-refractivity contribution is -0.115. The highest BCUT2D eigenvalue weighted by Crippen LogP contribution is 2.18. The monoisotopic (exact) mass is 373 g/mol. The number of nitrogen functional groups attached to an aromatic ring is 1. The van der Waals surface area contributed by atoms with Gasteiger partial charge in [0, 0.05) is 23.3 Å². The SMILES string of the molecule is CC(=O)N(C(=O)N/C=C/c1cccc(Br)c1)c1cccc(N)c1. The van der Waals surface area contributed by atoms with Crippen LogP contribution in [0.5, 0.6) is 0 Å². The minimum atomic E-state index is -0.547. The van der Waals surface area contributed by atoms with E-state index in [1.807, 2.05) is 24.3 Å². The van der Waals surface area contributed by atoms with Crippen molar-refractivity contribution in [1.82, 2.24) is 5.32 Å². The van der Waals surface area contributed by atoms with Crippen molar-refractivity contribution in [2.75, 3.05) is 10.6 Å². The number of carbonyl (C=O) groups is 2. The molecule has 0 unspecified atom stereocenters. The standard InChI is InChI=1S/C17H16BrN3O2/c1-12(22)21(16-7-3-6-15(19)11-16)17(23)20-9-8-13-4-2-5-14(18)10-13/h2-11H,19H2,1H3,(H,20,23)/b9-8+. The molecule has 0 radical (unpaired) electrons. The van der Waals surface area contributed by atoms with E-state index in [0.29, 0.717) is 11.4 Å². The zero-order valence-corrected chi connectivity index (χ0v) is 14.1. The van der Waals surface area contributed by atoms with E-state index in [9.17, 15) is 9.59 Å². The number of nitrogens with zero attached hydrogens (tertiary/aromatic N) is 1. The topological polar surface area (TPSA) is 75.4 Å². The normalized spacial score (nSPS) is 10.5. The smallest absolute Gasteiger partial charge is 0.332 e. The molecule has 0 atom stereocenters. The van der Waals surface area contributed by atoms with Gasteiger partial charge in [-0.15, -0.1) is 0 Å². The van der Waals surface area contributed by atoms with Gasteiger partial charge < -0.3 is 11.1 Å². The average Bonchev–Trinajstić information content (AvgIpc) is 2.47. The van der Waals surface area contributed by atoms with Gasteiger partial charge in [0.1, 0.15) is 0 Å². The number of rotatable bonds is 3. The molecule has 0 aliphatic heterocycles. The van der Waals surface area contributed by atoms with Gasteiger partial charge in [0.15, 0.2) is 0 Å². The molecule has 23 heavy (non-hydrogen) atoms. The van der Waals surface area contributed by atoms with Gasteiger partial charge in [-0.05, 0) is 42.0 Å². The van der Waals surface area contributed by atoms with Crippen molar-refractivity contribution in [2.24, 2.45) is 0 Å². The molecule has 3 N–H and O–H groups in total. The number of halogens is 1. The fraction of sp³-hybridized carbons (Fsp3) is 0.0588. The molecule has 0 bridgehead atoms. The van der Waals surface area contributed by atoms with Crippen molar-refractivity contribution in [3.05, 3.63) is 64.8 Å². The van der Waals surface area contributed by atoms with Crippen LogP contribution >= 0.6 is 15.9 Å². The van der Waals surface area contributed by atoms with Gasteiger partial charge in [-0.3, -0.25) is 4.79 Å². The van der Waals surface area contributed by atoms with Crippen LogP contribution in [0.4, 0.5) is 16.2 Å². The Labute approximate surface area is 142 Å². The Hall–Kier alpha value is -2.60. The lowest BCUT2D eigenvalue weighted by atomic mass is 10.2. The first-order chi connectivity index (χ1) is 11.0. The molecule has 6 heteroatoms. The zero-order valence-electron chi connectivity index (χ0n) is 12.5. The van der Waals surface area contributed by atoms with Crippen LogP contribution in [0.2, 0.25) is 0 Å². The van der Waals surface area contributed by atoms with E-state index < -0.39 is 11.9 Å². The largest absolute Gasteiger partial charge is 0.399 e. The molecule has 0 saturated carbocycles. The molecule has 0 fully saturated rings. The highest BCUT2D eigenvalue weighted by atomic mass is 79.9. The molecule has 2 aromatic carbocycles. The van der Waals surface area contributed by atoms with E-state index >= 15 is 0 Å². The Morgan fingerprint density at radius 2 is 1.91 bits per heavy atom. The molecule has 0 heterocycles. The Morgan fingerprint density at radius 1 is 1.17 bits per heavy atom. The molecule has 0 aromatic heterocycles. The van der Waals surface area contributed by atoms with Crippen LogP contribution < -0.4 is 16.0 Å². The summed E-state index contributed by atoms with van der Waals surface area (Å²) >= 11 is 3.38. The van der Waals surface area contributed by atoms with Gasteiger partial charge in [-0.25, -0.2) is 9.69 Å². The predicted octanol–water partition coefficient (Wildman–Crippen LogP) is 3.76. The molecule has 0 saturated heterocycles. The van der Waals surface area contributed by atoms with Crippen LogP contribution in [0, 0.1) is 0 Å². The zero-order chi connectivity index (χ0) is 16.8.